The Hall–Kier alpha value is -4.03. The van der Waals surface area contributed by atoms with Crippen molar-refractivity contribution in [3.8, 4) is 0 Å². The molecule has 1 heterocycles. The third-order valence-electron chi connectivity index (χ3n) is 6.81. The van der Waals surface area contributed by atoms with Crippen LogP contribution in [-0.4, -0.2) is 47.9 Å². The van der Waals surface area contributed by atoms with E-state index in [0.29, 0.717) is 17.1 Å². The van der Waals surface area contributed by atoms with Crippen LogP contribution in [0, 0.1) is 0 Å². The molecule has 0 unspecified atom stereocenters. The SMILES string of the molecule is O=C(O)CCSCc1cccc(C(=O)Nc2ccc(N3CCCCC3)cc2C(=O)N/N=C\c2ccc(Cl)c(C(F)(F)F)c2)c1. The summed E-state index contributed by atoms with van der Waals surface area (Å²) in [6.07, 6.45) is -0.389. The van der Waals surface area contributed by atoms with Crippen LogP contribution in [0.1, 0.15) is 63.1 Å². The summed E-state index contributed by atoms with van der Waals surface area (Å²) < 4.78 is 39.7. The molecule has 0 saturated carbocycles. The van der Waals surface area contributed by atoms with E-state index in [4.69, 9.17) is 16.7 Å². The van der Waals surface area contributed by atoms with E-state index in [2.05, 4.69) is 20.7 Å². The summed E-state index contributed by atoms with van der Waals surface area (Å²) in [7, 11) is 0. The Bertz CT molecular complexity index is 1540. The molecule has 0 spiro atoms. The van der Waals surface area contributed by atoms with Crippen LogP contribution < -0.4 is 15.6 Å². The van der Waals surface area contributed by atoms with Gasteiger partial charge in [0.15, 0.2) is 0 Å². The number of hydrogen-bond acceptors (Lipinski definition) is 6. The van der Waals surface area contributed by atoms with E-state index < -0.39 is 34.5 Å². The monoisotopic (exact) mass is 646 g/mol. The third kappa shape index (κ3) is 9.23. The number of thioether (sulfide) groups is 1. The van der Waals surface area contributed by atoms with E-state index in [1.54, 1.807) is 30.3 Å². The Morgan fingerprint density at radius 1 is 1.00 bits per heavy atom. The van der Waals surface area contributed by atoms with Gasteiger partial charge in [0.1, 0.15) is 0 Å². The number of alkyl halides is 3. The van der Waals surface area contributed by atoms with E-state index in [9.17, 15) is 27.6 Å². The van der Waals surface area contributed by atoms with Crippen LogP contribution in [0.15, 0.2) is 65.8 Å². The first-order valence-corrected chi connectivity index (χ1v) is 15.3. The number of carboxylic acids is 1. The van der Waals surface area contributed by atoms with Crippen LogP contribution >= 0.6 is 23.4 Å². The van der Waals surface area contributed by atoms with Crippen LogP contribution in [0.4, 0.5) is 24.5 Å². The van der Waals surface area contributed by atoms with Gasteiger partial charge in [-0.05, 0) is 72.9 Å². The summed E-state index contributed by atoms with van der Waals surface area (Å²) >= 11 is 7.12. The van der Waals surface area contributed by atoms with Gasteiger partial charge in [0, 0.05) is 35.8 Å². The quantitative estimate of drug-likeness (QED) is 0.117. The highest BCUT2D eigenvalue weighted by atomic mass is 35.5. The average Bonchev–Trinajstić information content (AvgIpc) is 3.00. The number of hydrogen-bond donors (Lipinski definition) is 3. The molecule has 1 saturated heterocycles. The van der Waals surface area contributed by atoms with Crippen LogP contribution in [0.2, 0.25) is 5.02 Å². The number of nitrogens with zero attached hydrogens (tertiary/aromatic N) is 2. The molecule has 8 nitrogen and oxygen atoms in total. The summed E-state index contributed by atoms with van der Waals surface area (Å²) in [6, 6.07) is 15.3. The summed E-state index contributed by atoms with van der Waals surface area (Å²) in [5.74, 6) is -1.01. The zero-order valence-corrected chi connectivity index (χ0v) is 25.1. The number of carbonyl (C=O) groups is 3. The van der Waals surface area contributed by atoms with Crippen molar-refractivity contribution in [2.75, 3.05) is 29.1 Å². The lowest BCUT2D eigenvalue weighted by molar-refractivity contribution is -0.138. The zero-order chi connectivity index (χ0) is 31.7. The molecule has 44 heavy (non-hydrogen) atoms. The van der Waals surface area contributed by atoms with Gasteiger partial charge in [-0.1, -0.05) is 29.8 Å². The number of amides is 2. The van der Waals surface area contributed by atoms with E-state index in [0.717, 1.165) is 62.0 Å². The fraction of sp³-hybridized carbons (Fsp3) is 0.290. The molecule has 3 N–H and O–H groups in total. The second kappa shape index (κ2) is 15.1. The minimum atomic E-state index is -4.65. The van der Waals surface area contributed by atoms with Gasteiger partial charge in [-0.15, -0.1) is 0 Å². The Kier molecular flexibility index (Phi) is 11.3. The van der Waals surface area contributed by atoms with Gasteiger partial charge < -0.3 is 15.3 Å². The van der Waals surface area contributed by atoms with Gasteiger partial charge in [-0.2, -0.15) is 30.0 Å². The predicted octanol–water partition coefficient (Wildman–Crippen LogP) is 7.07. The molecule has 1 aliphatic rings. The van der Waals surface area contributed by atoms with Gasteiger partial charge in [0.25, 0.3) is 11.8 Å². The fourth-order valence-corrected chi connectivity index (χ4v) is 5.69. The van der Waals surface area contributed by atoms with Crippen LogP contribution in [0.25, 0.3) is 0 Å². The maximum atomic E-state index is 13.3. The van der Waals surface area contributed by atoms with E-state index in [-0.39, 0.29) is 23.2 Å². The molecule has 0 aromatic heterocycles. The van der Waals surface area contributed by atoms with E-state index in [1.165, 1.54) is 17.8 Å². The molecule has 0 atom stereocenters. The number of anilines is 2. The van der Waals surface area contributed by atoms with Crippen molar-refractivity contribution < 1.29 is 32.7 Å². The van der Waals surface area contributed by atoms with Crippen molar-refractivity contribution >= 4 is 58.7 Å². The lowest BCUT2D eigenvalue weighted by Crippen LogP contribution is -2.30. The summed E-state index contributed by atoms with van der Waals surface area (Å²) in [6.45, 7) is 1.64. The first-order valence-electron chi connectivity index (χ1n) is 13.8. The second-order valence-electron chi connectivity index (χ2n) is 10.1. The average molecular weight is 647 g/mol. The third-order valence-corrected chi connectivity index (χ3v) is 8.17. The van der Waals surface area contributed by atoms with Gasteiger partial charge in [-0.3, -0.25) is 14.4 Å². The molecule has 1 aliphatic heterocycles. The Morgan fingerprint density at radius 3 is 2.50 bits per heavy atom. The highest BCUT2D eigenvalue weighted by molar-refractivity contribution is 7.98. The maximum Gasteiger partial charge on any atom is 0.417 e. The second-order valence-corrected chi connectivity index (χ2v) is 11.6. The van der Waals surface area contributed by atoms with E-state index >= 15 is 0 Å². The van der Waals surface area contributed by atoms with Crippen LogP contribution in [0.3, 0.4) is 0 Å². The first-order chi connectivity index (χ1) is 21.0. The van der Waals surface area contributed by atoms with Crippen molar-refractivity contribution in [2.45, 2.75) is 37.6 Å². The number of carbonyl (C=O) groups excluding carboxylic acids is 2. The van der Waals surface area contributed by atoms with Gasteiger partial charge in [-0.25, -0.2) is 5.43 Å². The molecule has 0 aliphatic carbocycles. The van der Waals surface area contributed by atoms with Gasteiger partial charge in [0.05, 0.1) is 34.5 Å². The molecular weight excluding hydrogens is 617 g/mol. The van der Waals surface area contributed by atoms with Crippen molar-refractivity contribution in [2.24, 2.45) is 5.10 Å². The summed E-state index contributed by atoms with van der Waals surface area (Å²) in [4.78, 5) is 39.4. The minimum absolute atomic E-state index is 0.0431. The first kappa shape index (κ1) is 32.9. The van der Waals surface area contributed by atoms with E-state index in [1.807, 2.05) is 12.1 Å². The number of rotatable bonds is 11. The number of nitrogens with one attached hydrogen (secondary N) is 2. The molecule has 232 valence electrons. The number of hydrazone groups is 1. The predicted molar refractivity (Wildman–Crippen MR) is 167 cm³/mol. The molecule has 13 heteroatoms. The number of benzene rings is 3. The lowest BCUT2D eigenvalue weighted by Gasteiger charge is -2.29. The molecule has 0 radical (unpaired) electrons. The lowest BCUT2D eigenvalue weighted by atomic mass is 10.1. The fourth-order valence-electron chi connectivity index (χ4n) is 4.59. The topological polar surface area (TPSA) is 111 Å². The molecular formula is C31H30ClF3N4O4S. The molecule has 2 amide bonds. The highest BCUT2D eigenvalue weighted by Crippen LogP contribution is 2.35. The largest absolute Gasteiger partial charge is 0.481 e. The van der Waals surface area contributed by atoms with Crippen molar-refractivity contribution in [1.29, 1.82) is 0 Å². The van der Waals surface area contributed by atoms with Crippen molar-refractivity contribution in [3.63, 3.8) is 0 Å². The molecule has 4 rings (SSSR count). The Morgan fingerprint density at radius 2 is 1.77 bits per heavy atom. The van der Waals surface area contributed by atoms with Gasteiger partial charge in [0.2, 0.25) is 0 Å². The minimum Gasteiger partial charge on any atom is -0.481 e. The molecule has 3 aromatic rings. The smallest absolute Gasteiger partial charge is 0.417 e. The molecule has 0 bridgehead atoms. The summed E-state index contributed by atoms with van der Waals surface area (Å²) in [5, 5.41) is 15.0. The van der Waals surface area contributed by atoms with Crippen LogP contribution in [0.5, 0.6) is 0 Å². The standard InChI is InChI=1S/C31H30ClF3N4O4S/c32-26-9-7-20(16-25(26)31(33,34)35)18-36-38-30(43)24-17-23(39-12-2-1-3-13-39)8-10-27(24)37-29(42)22-6-4-5-21(15-22)19-44-14-11-28(40)41/h4-10,15-18H,1-3,11-14,19H2,(H,37,42)(H,38,43)(H,40,41)/b36-18-. The van der Waals surface area contributed by atoms with Crippen LogP contribution in [-0.2, 0) is 16.7 Å². The maximum absolute atomic E-state index is 13.3. The number of carboxylic acid groups (broad SMARTS) is 1. The Labute approximate surface area is 261 Å². The number of aliphatic carboxylic acids is 1. The summed E-state index contributed by atoms with van der Waals surface area (Å²) in [5.41, 5.74) is 3.77. The highest BCUT2D eigenvalue weighted by Gasteiger charge is 2.33. The Balaban J connectivity index is 1.53. The number of piperidine rings is 1. The number of halogens is 4. The van der Waals surface area contributed by atoms with Crippen molar-refractivity contribution in [1.82, 2.24) is 5.43 Å². The molecule has 1 fully saturated rings. The normalized spacial score (nSPS) is 13.6. The molecule has 3 aromatic carbocycles. The zero-order valence-electron chi connectivity index (χ0n) is 23.5. The van der Waals surface area contributed by atoms with Gasteiger partial charge >= 0.3 is 12.1 Å². The van der Waals surface area contributed by atoms with Crippen molar-refractivity contribution in [3.05, 3.63) is 93.5 Å².